The number of hydrogen-bond acceptors (Lipinski definition) is 6. The van der Waals surface area contributed by atoms with Crippen molar-refractivity contribution >= 4 is 23.4 Å². The lowest BCUT2D eigenvalue weighted by atomic mass is 9.99. The predicted octanol–water partition coefficient (Wildman–Crippen LogP) is 3.46. The Balaban J connectivity index is 1.57. The average Bonchev–Trinajstić information content (AvgIpc) is 2.69. The molecule has 1 aliphatic rings. The molecule has 1 aromatic rings. The molecule has 0 aromatic heterocycles. The smallest absolute Gasteiger partial charge is 0.311 e. The highest BCUT2D eigenvalue weighted by Gasteiger charge is 2.16. The zero-order chi connectivity index (χ0) is 20.4. The van der Waals surface area contributed by atoms with Gasteiger partial charge in [0.25, 0.3) is 0 Å². The number of hydrogen-bond donors (Lipinski definition) is 1. The molecular weight excluding hydrogens is 378 g/mol. The molecule has 1 heterocycles. The highest BCUT2D eigenvalue weighted by Crippen LogP contribution is 2.28. The predicted molar refractivity (Wildman–Crippen MR) is 113 cm³/mol. The Labute approximate surface area is 171 Å². The summed E-state index contributed by atoms with van der Waals surface area (Å²) in [6.45, 7) is 6.55. The van der Waals surface area contributed by atoms with E-state index in [0.717, 1.165) is 30.9 Å². The number of ether oxygens (including phenoxy) is 1. The van der Waals surface area contributed by atoms with Gasteiger partial charge in [-0.3, -0.25) is 14.9 Å². The first kappa shape index (κ1) is 22.5. The van der Waals surface area contributed by atoms with Crippen LogP contribution < -0.4 is 10.1 Å². The highest BCUT2D eigenvalue weighted by molar-refractivity contribution is 7.99. The van der Waals surface area contributed by atoms with Crippen LogP contribution in [0.15, 0.2) is 18.2 Å². The minimum Gasteiger partial charge on any atom is -0.490 e. The molecule has 1 aliphatic heterocycles. The van der Waals surface area contributed by atoms with Crippen LogP contribution in [0.3, 0.4) is 0 Å². The van der Waals surface area contributed by atoms with E-state index >= 15 is 0 Å². The van der Waals surface area contributed by atoms with Gasteiger partial charge in [0.2, 0.25) is 5.91 Å². The third-order valence-electron chi connectivity index (χ3n) is 5.04. The molecule has 0 bridgehead atoms. The van der Waals surface area contributed by atoms with Gasteiger partial charge < -0.3 is 15.0 Å². The first-order chi connectivity index (χ1) is 13.5. The second-order valence-electron chi connectivity index (χ2n) is 7.34. The number of piperidine rings is 1. The molecule has 1 aromatic carbocycles. The molecule has 1 saturated heterocycles. The minimum absolute atomic E-state index is 0.0137. The van der Waals surface area contributed by atoms with Crippen LogP contribution in [0, 0.1) is 16.0 Å². The molecule has 0 spiro atoms. The lowest BCUT2D eigenvalue weighted by Crippen LogP contribution is -2.34. The van der Waals surface area contributed by atoms with Crippen LogP contribution >= 0.6 is 11.8 Å². The number of unbranched alkanes of at least 4 members (excludes halogenated alkanes) is 1. The number of nitro benzene ring substituents is 1. The zero-order valence-electron chi connectivity index (χ0n) is 16.8. The van der Waals surface area contributed by atoms with Crippen molar-refractivity contribution in [3.63, 3.8) is 0 Å². The van der Waals surface area contributed by atoms with Crippen molar-refractivity contribution in [2.45, 2.75) is 38.4 Å². The Morgan fingerprint density at radius 3 is 2.79 bits per heavy atom. The van der Waals surface area contributed by atoms with Gasteiger partial charge in [-0.25, -0.2) is 0 Å². The van der Waals surface area contributed by atoms with Crippen LogP contribution in [0.5, 0.6) is 5.75 Å². The largest absolute Gasteiger partial charge is 0.490 e. The summed E-state index contributed by atoms with van der Waals surface area (Å²) in [5, 5.41) is 14.0. The van der Waals surface area contributed by atoms with Gasteiger partial charge in [-0.1, -0.05) is 13.0 Å². The molecule has 0 radical (unpaired) electrons. The highest BCUT2D eigenvalue weighted by atomic mass is 32.2. The molecular formula is C20H31N3O4S. The second-order valence-corrected chi connectivity index (χ2v) is 8.32. The summed E-state index contributed by atoms with van der Waals surface area (Å²) >= 11 is 1.45. The third kappa shape index (κ3) is 7.67. The number of methoxy groups -OCH3 is 1. The number of carbonyl (C=O) groups excluding carboxylic acids is 1. The van der Waals surface area contributed by atoms with E-state index in [1.165, 1.54) is 50.9 Å². The molecule has 1 amide bonds. The van der Waals surface area contributed by atoms with Gasteiger partial charge in [0, 0.05) is 18.4 Å². The topological polar surface area (TPSA) is 84.7 Å². The monoisotopic (exact) mass is 409 g/mol. The summed E-state index contributed by atoms with van der Waals surface area (Å²) < 4.78 is 5.00. The van der Waals surface area contributed by atoms with Gasteiger partial charge in [-0.15, -0.1) is 11.8 Å². The summed E-state index contributed by atoms with van der Waals surface area (Å²) in [5.41, 5.74) is 0.759. The molecule has 1 N–H and O–H groups in total. The van der Waals surface area contributed by atoms with Gasteiger partial charge in [-0.2, -0.15) is 0 Å². The molecule has 0 unspecified atom stereocenters. The van der Waals surface area contributed by atoms with Crippen LogP contribution in [0.25, 0.3) is 0 Å². The number of likely N-dealkylation sites (tertiary alicyclic amines) is 1. The maximum absolute atomic E-state index is 11.9. The number of nitrogens with one attached hydrogen (secondary N) is 1. The van der Waals surface area contributed by atoms with E-state index in [1.54, 1.807) is 12.1 Å². The van der Waals surface area contributed by atoms with E-state index in [2.05, 4.69) is 17.1 Å². The summed E-state index contributed by atoms with van der Waals surface area (Å²) in [4.78, 5) is 25.1. The van der Waals surface area contributed by atoms with Crippen LogP contribution in [0.4, 0.5) is 5.69 Å². The summed E-state index contributed by atoms with van der Waals surface area (Å²) in [6.07, 6.45) is 4.70. The van der Waals surface area contributed by atoms with Crippen molar-refractivity contribution < 1.29 is 14.5 Å². The summed E-state index contributed by atoms with van der Waals surface area (Å²) in [6, 6.07) is 4.89. The number of nitro groups is 1. The number of amides is 1. The minimum atomic E-state index is -0.454. The lowest BCUT2D eigenvalue weighted by molar-refractivity contribution is -0.385. The van der Waals surface area contributed by atoms with Crippen molar-refractivity contribution in [3.05, 3.63) is 33.9 Å². The molecule has 0 aliphatic carbocycles. The second kappa shape index (κ2) is 11.9. The average molecular weight is 410 g/mol. The Bertz CT molecular complexity index is 648. The SMILES string of the molecule is COc1ccc(CSCC(=O)NCCCCN2CCC(C)CC2)cc1[N+](=O)[O-]. The van der Waals surface area contributed by atoms with Gasteiger partial charge in [0.05, 0.1) is 17.8 Å². The van der Waals surface area contributed by atoms with E-state index in [-0.39, 0.29) is 17.3 Å². The van der Waals surface area contributed by atoms with Gasteiger partial charge in [-0.05, 0) is 62.9 Å². The van der Waals surface area contributed by atoms with Crippen molar-refractivity contribution in [1.82, 2.24) is 10.2 Å². The van der Waals surface area contributed by atoms with Crippen molar-refractivity contribution in [2.75, 3.05) is 39.0 Å². The number of rotatable bonds is 11. The molecule has 28 heavy (non-hydrogen) atoms. The number of benzene rings is 1. The zero-order valence-corrected chi connectivity index (χ0v) is 17.6. The fourth-order valence-electron chi connectivity index (χ4n) is 3.25. The first-order valence-corrected chi connectivity index (χ1v) is 11.0. The molecule has 0 atom stereocenters. The van der Waals surface area contributed by atoms with Crippen molar-refractivity contribution in [3.8, 4) is 5.75 Å². The fraction of sp³-hybridized carbons (Fsp3) is 0.650. The lowest BCUT2D eigenvalue weighted by Gasteiger charge is -2.30. The van der Waals surface area contributed by atoms with Gasteiger partial charge in [0.15, 0.2) is 5.75 Å². The Kier molecular flexibility index (Phi) is 9.57. The Morgan fingerprint density at radius 2 is 2.11 bits per heavy atom. The molecule has 156 valence electrons. The Hall–Kier alpha value is -1.80. The van der Waals surface area contributed by atoms with E-state index in [0.29, 0.717) is 18.1 Å². The molecule has 2 rings (SSSR count). The van der Waals surface area contributed by atoms with E-state index in [1.807, 2.05) is 0 Å². The van der Waals surface area contributed by atoms with Crippen LogP contribution in [-0.4, -0.2) is 54.8 Å². The van der Waals surface area contributed by atoms with Gasteiger partial charge in [0.1, 0.15) is 0 Å². The number of carbonyl (C=O) groups is 1. The molecule has 0 saturated carbocycles. The Morgan fingerprint density at radius 1 is 1.36 bits per heavy atom. The molecule has 7 nitrogen and oxygen atoms in total. The van der Waals surface area contributed by atoms with Crippen LogP contribution in [0.1, 0.15) is 38.2 Å². The fourth-order valence-corrected chi connectivity index (χ4v) is 4.06. The molecule has 1 fully saturated rings. The van der Waals surface area contributed by atoms with Crippen molar-refractivity contribution in [2.24, 2.45) is 5.92 Å². The molecule has 8 heteroatoms. The number of thioether (sulfide) groups is 1. The first-order valence-electron chi connectivity index (χ1n) is 9.87. The van der Waals surface area contributed by atoms with Crippen LogP contribution in [-0.2, 0) is 10.5 Å². The quantitative estimate of drug-likeness (QED) is 0.342. The van der Waals surface area contributed by atoms with Crippen LogP contribution in [0.2, 0.25) is 0 Å². The van der Waals surface area contributed by atoms with Crippen molar-refractivity contribution in [1.29, 1.82) is 0 Å². The van der Waals surface area contributed by atoms with E-state index in [4.69, 9.17) is 4.74 Å². The van der Waals surface area contributed by atoms with Gasteiger partial charge >= 0.3 is 5.69 Å². The third-order valence-corrected chi connectivity index (χ3v) is 6.05. The van der Waals surface area contributed by atoms with E-state index in [9.17, 15) is 14.9 Å². The standard InChI is InChI=1S/C20H31N3O4S/c1-16-7-11-22(12-8-16)10-4-3-9-21-20(24)15-28-14-17-5-6-19(27-2)18(13-17)23(25)26/h5-6,13,16H,3-4,7-12,14-15H2,1-2H3,(H,21,24). The normalized spacial score (nSPS) is 15.4. The summed E-state index contributed by atoms with van der Waals surface area (Å²) in [7, 11) is 1.41. The maximum Gasteiger partial charge on any atom is 0.311 e. The number of nitrogens with zero attached hydrogens (tertiary/aromatic N) is 2. The summed E-state index contributed by atoms with van der Waals surface area (Å²) in [5.74, 6) is 2.02. The van der Waals surface area contributed by atoms with E-state index < -0.39 is 4.92 Å². The maximum atomic E-state index is 11.9.